The third kappa shape index (κ3) is 4.96. The van der Waals surface area contributed by atoms with Crippen molar-refractivity contribution in [3.8, 4) is 5.75 Å². The van der Waals surface area contributed by atoms with E-state index in [9.17, 15) is 13.6 Å². The molecule has 24 heavy (non-hydrogen) atoms. The highest BCUT2D eigenvalue weighted by atomic mass is 32.2. The summed E-state index contributed by atoms with van der Waals surface area (Å²) in [4.78, 5) is 14.6. The molecule has 0 heterocycles. The number of amides is 1. The molecule has 0 bridgehead atoms. The van der Waals surface area contributed by atoms with Crippen molar-refractivity contribution in [3.63, 3.8) is 0 Å². The molecule has 0 N–H and O–H groups in total. The van der Waals surface area contributed by atoms with E-state index in [2.05, 4.69) is 0 Å². The molecule has 0 unspecified atom stereocenters. The van der Waals surface area contributed by atoms with E-state index in [1.54, 1.807) is 30.9 Å². The summed E-state index contributed by atoms with van der Waals surface area (Å²) in [5, 5.41) is 0. The third-order valence-electron chi connectivity index (χ3n) is 3.49. The molecule has 0 radical (unpaired) electrons. The van der Waals surface area contributed by atoms with Crippen LogP contribution in [0.15, 0.2) is 47.4 Å². The quantitative estimate of drug-likeness (QED) is 0.543. The molecule has 6 heteroatoms. The van der Waals surface area contributed by atoms with Crippen molar-refractivity contribution in [3.05, 3.63) is 54.1 Å². The van der Waals surface area contributed by atoms with E-state index >= 15 is 0 Å². The van der Waals surface area contributed by atoms with Gasteiger partial charge >= 0.3 is 0 Å². The highest BCUT2D eigenvalue weighted by molar-refractivity contribution is 7.99. The van der Waals surface area contributed by atoms with Gasteiger partial charge in [-0.1, -0.05) is 0 Å². The molecule has 3 nitrogen and oxygen atoms in total. The van der Waals surface area contributed by atoms with Gasteiger partial charge in [0, 0.05) is 24.4 Å². The van der Waals surface area contributed by atoms with Crippen molar-refractivity contribution in [1.29, 1.82) is 0 Å². The first-order chi connectivity index (χ1) is 11.5. The van der Waals surface area contributed by atoms with E-state index in [4.69, 9.17) is 4.74 Å². The van der Waals surface area contributed by atoms with E-state index in [0.717, 1.165) is 10.6 Å². The predicted octanol–water partition coefficient (Wildman–Crippen LogP) is 4.51. The number of carbonyl (C=O) groups excluding carboxylic acids is 1. The summed E-state index contributed by atoms with van der Waals surface area (Å²) < 4.78 is 31.4. The Hall–Kier alpha value is -2.08. The number of carbonyl (C=O) groups is 1. The molecule has 0 saturated heterocycles. The second-order valence-electron chi connectivity index (χ2n) is 5.17. The minimum absolute atomic E-state index is 0.112. The van der Waals surface area contributed by atoms with Crippen molar-refractivity contribution >= 4 is 23.4 Å². The summed E-state index contributed by atoms with van der Waals surface area (Å²) in [7, 11) is 3.08. The van der Waals surface area contributed by atoms with E-state index in [1.807, 2.05) is 0 Å². The Morgan fingerprint density at radius 1 is 1.12 bits per heavy atom. The number of halogens is 2. The second-order valence-corrected chi connectivity index (χ2v) is 6.34. The first-order valence-electron chi connectivity index (χ1n) is 7.49. The van der Waals surface area contributed by atoms with Crippen LogP contribution in [0.5, 0.6) is 5.75 Å². The number of thioether (sulfide) groups is 1. The molecule has 0 aliphatic rings. The Bertz CT molecular complexity index is 692. The number of ether oxygens (including phenoxy) is 1. The van der Waals surface area contributed by atoms with E-state index in [1.165, 1.54) is 42.3 Å². The molecule has 2 rings (SSSR count). The van der Waals surface area contributed by atoms with E-state index in [-0.39, 0.29) is 11.7 Å². The van der Waals surface area contributed by atoms with Gasteiger partial charge in [0.1, 0.15) is 17.4 Å². The maximum absolute atomic E-state index is 13.4. The van der Waals surface area contributed by atoms with Crippen molar-refractivity contribution < 1.29 is 18.3 Å². The smallest absolute Gasteiger partial charge is 0.226 e. The van der Waals surface area contributed by atoms with Gasteiger partial charge < -0.3 is 9.64 Å². The number of methoxy groups -OCH3 is 1. The molecule has 1 amide bonds. The lowest BCUT2D eigenvalue weighted by molar-refractivity contribution is -0.118. The van der Waals surface area contributed by atoms with Gasteiger partial charge in [-0.2, -0.15) is 0 Å². The Kier molecular flexibility index (Phi) is 6.61. The number of hydrogen-bond acceptors (Lipinski definition) is 3. The van der Waals surface area contributed by atoms with E-state index < -0.39 is 5.82 Å². The van der Waals surface area contributed by atoms with Gasteiger partial charge in [0.05, 0.1) is 12.8 Å². The van der Waals surface area contributed by atoms with Crippen LogP contribution in [0, 0.1) is 11.6 Å². The van der Waals surface area contributed by atoms with E-state index in [0.29, 0.717) is 24.3 Å². The van der Waals surface area contributed by atoms with Crippen LogP contribution in [0.2, 0.25) is 0 Å². The maximum Gasteiger partial charge on any atom is 0.226 e. The second kappa shape index (κ2) is 8.68. The number of nitrogens with zero attached hydrogens (tertiary/aromatic N) is 1. The van der Waals surface area contributed by atoms with Gasteiger partial charge in [-0.15, -0.1) is 11.8 Å². The summed E-state index contributed by atoms with van der Waals surface area (Å²) in [5.41, 5.74) is 0.411. The minimum atomic E-state index is -0.419. The van der Waals surface area contributed by atoms with Crippen LogP contribution >= 0.6 is 11.8 Å². The lowest BCUT2D eigenvalue weighted by Gasteiger charge is -2.20. The summed E-state index contributed by atoms with van der Waals surface area (Å²) in [6.45, 7) is 0. The van der Waals surface area contributed by atoms with Crippen LogP contribution in [-0.4, -0.2) is 25.8 Å². The van der Waals surface area contributed by atoms with Crippen molar-refractivity contribution in [2.45, 2.75) is 17.7 Å². The van der Waals surface area contributed by atoms with Gasteiger partial charge in [0.25, 0.3) is 0 Å². The van der Waals surface area contributed by atoms with Gasteiger partial charge in [-0.05, 0) is 48.6 Å². The predicted molar refractivity (Wildman–Crippen MR) is 92.7 cm³/mol. The molecule has 0 aliphatic carbocycles. The van der Waals surface area contributed by atoms with Crippen LogP contribution < -0.4 is 9.64 Å². The molecular weight excluding hydrogens is 332 g/mol. The molecule has 2 aromatic carbocycles. The average Bonchev–Trinajstić information content (AvgIpc) is 2.59. The van der Waals surface area contributed by atoms with Crippen molar-refractivity contribution in [2.24, 2.45) is 0 Å². The molecule has 0 spiro atoms. The fraction of sp³-hybridized carbons (Fsp3) is 0.278. The molecule has 2 aromatic rings. The first kappa shape index (κ1) is 18.3. The number of benzene rings is 2. The number of anilines is 1. The maximum atomic E-state index is 13.4. The molecule has 0 atom stereocenters. The van der Waals surface area contributed by atoms with Crippen molar-refractivity contribution in [2.75, 3.05) is 24.8 Å². The summed E-state index contributed by atoms with van der Waals surface area (Å²) in [5.74, 6) is 0.398. The third-order valence-corrected chi connectivity index (χ3v) is 4.59. The Balaban J connectivity index is 1.86. The fourth-order valence-corrected chi connectivity index (χ4v) is 3.02. The zero-order valence-electron chi connectivity index (χ0n) is 13.6. The number of rotatable bonds is 7. The highest BCUT2D eigenvalue weighted by Crippen LogP contribution is 2.29. The molecular formula is C18H19F2NO2S. The molecule has 0 aromatic heterocycles. The zero-order chi connectivity index (χ0) is 17.5. The largest absolute Gasteiger partial charge is 0.495 e. The molecule has 0 saturated carbocycles. The summed E-state index contributed by atoms with van der Waals surface area (Å²) in [6.07, 6.45) is 1.01. The van der Waals surface area contributed by atoms with Crippen LogP contribution in [-0.2, 0) is 4.79 Å². The van der Waals surface area contributed by atoms with Crippen LogP contribution in [0.4, 0.5) is 14.5 Å². The summed E-state index contributed by atoms with van der Waals surface area (Å²) in [6, 6.07) is 10.3. The normalized spacial score (nSPS) is 10.5. The highest BCUT2D eigenvalue weighted by Gasteiger charge is 2.15. The zero-order valence-corrected chi connectivity index (χ0v) is 14.4. The lowest BCUT2D eigenvalue weighted by atomic mass is 10.2. The van der Waals surface area contributed by atoms with Crippen LogP contribution in [0.1, 0.15) is 12.8 Å². The van der Waals surface area contributed by atoms with Gasteiger partial charge in [0.15, 0.2) is 0 Å². The SMILES string of the molecule is COc1ccc(F)cc1N(C)C(=O)CCCSc1ccc(F)cc1. The molecule has 0 fully saturated rings. The molecule has 128 valence electrons. The Morgan fingerprint density at radius 2 is 1.79 bits per heavy atom. The first-order valence-corrected chi connectivity index (χ1v) is 8.48. The average molecular weight is 351 g/mol. The fourth-order valence-electron chi connectivity index (χ4n) is 2.17. The van der Waals surface area contributed by atoms with Gasteiger partial charge in [-0.25, -0.2) is 8.78 Å². The van der Waals surface area contributed by atoms with Crippen LogP contribution in [0.3, 0.4) is 0 Å². The monoisotopic (exact) mass is 351 g/mol. The minimum Gasteiger partial charge on any atom is -0.495 e. The lowest BCUT2D eigenvalue weighted by Crippen LogP contribution is -2.26. The van der Waals surface area contributed by atoms with Crippen molar-refractivity contribution in [1.82, 2.24) is 0 Å². The topological polar surface area (TPSA) is 29.5 Å². The van der Waals surface area contributed by atoms with Gasteiger partial charge in [-0.3, -0.25) is 4.79 Å². The van der Waals surface area contributed by atoms with Crippen LogP contribution in [0.25, 0.3) is 0 Å². The Morgan fingerprint density at radius 3 is 2.46 bits per heavy atom. The van der Waals surface area contributed by atoms with Gasteiger partial charge in [0.2, 0.25) is 5.91 Å². The number of hydrogen-bond donors (Lipinski definition) is 0. The standard InChI is InChI=1S/C18H19F2NO2S/c1-21(16-12-14(20)7-10-17(16)23-2)18(22)4-3-11-24-15-8-5-13(19)6-9-15/h5-10,12H,3-4,11H2,1-2H3. The summed E-state index contributed by atoms with van der Waals surface area (Å²) >= 11 is 1.57. The molecule has 0 aliphatic heterocycles. The Labute approximate surface area is 144 Å².